The molecule has 1 rings (SSSR count). The molecule has 5 nitrogen and oxygen atoms in total. The molecule has 17 heavy (non-hydrogen) atoms. The second-order valence-corrected chi connectivity index (χ2v) is 4.83. The standard InChI is InChI=1S/C11H15NO4S/c1-8(2)16-10-5-9(12(14)15)6-11(7-10)17-4-3-13/h5-8,13H,3-4H2,1-2H3. The van der Waals surface area contributed by atoms with Crippen molar-refractivity contribution >= 4 is 17.4 Å². The third kappa shape index (κ3) is 4.62. The van der Waals surface area contributed by atoms with E-state index < -0.39 is 4.92 Å². The van der Waals surface area contributed by atoms with E-state index in [2.05, 4.69) is 0 Å². The molecule has 0 aliphatic rings. The molecular weight excluding hydrogens is 242 g/mol. The van der Waals surface area contributed by atoms with Crippen LogP contribution in [0.15, 0.2) is 23.1 Å². The molecule has 0 radical (unpaired) electrons. The second-order valence-electron chi connectivity index (χ2n) is 3.66. The molecule has 1 N–H and O–H groups in total. The first-order valence-electron chi connectivity index (χ1n) is 5.22. The van der Waals surface area contributed by atoms with Crippen molar-refractivity contribution in [1.29, 1.82) is 0 Å². The van der Waals surface area contributed by atoms with Crippen molar-refractivity contribution in [2.24, 2.45) is 0 Å². The topological polar surface area (TPSA) is 72.6 Å². The predicted molar refractivity (Wildman–Crippen MR) is 66.7 cm³/mol. The summed E-state index contributed by atoms with van der Waals surface area (Å²) in [6.45, 7) is 3.76. The van der Waals surface area contributed by atoms with Gasteiger partial charge in [0.25, 0.3) is 5.69 Å². The van der Waals surface area contributed by atoms with Crippen LogP contribution < -0.4 is 4.74 Å². The zero-order valence-electron chi connectivity index (χ0n) is 9.75. The Hall–Kier alpha value is -1.27. The van der Waals surface area contributed by atoms with Crippen LogP contribution in [-0.2, 0) is 0 Å². The van der Waals surface area contributed by atoms with E-state index in [4.69, 9.17) is 9.84 Å². The van der Waals surface area contributed by atoms with Gasteiger partial charge in [-0.05, 0) is 19.9 Å². The molecule has 0 unspecified atom stereocenters. The minimum Gasteiger partial charge on any atom is -0.491 e. The molecule has 0 spiro atoms. The van der Waals surface area contributed by atoms with Crippen LogP contribution in [0.1, 0.15) is 13.8 Å². The van der Waals surface area contributed by atoms with Gasteiger partial charge in [-0.1, -0.05) is 0 Å². The van der Waals surface area contributed by atoms with Gasteiger partial charge in [-0.15, -0.1) is 11.8 Å². The quantitative estimate of drug-likeness (QED) is 0.481. The van der Waals surface area contributed by atoms with Gasteiger partial charge >= 0.3 is 0 Å². The highest BCUT2D eigenvalue weighted by atomic mass is 32.2. The van der Waals surface area contributed by atoms with Crippen LogP contribution in [-0.4, -0.2) is 28.5 Å². The van der Waals surface area contributed by atoms with Crippen LogP contribution >= 0.6 is 11.8 Å². The maximum Gasteiger partial charge on any atom is 0.274 e. The van der Waals surface area contributed by atoms with Gasteiger partial charge in [0, 0.05) is 16.7 Å². The van der Waals surface area contributed by atoms with E-state index in [9.17, 15) is 10.1 Å². The summed E-state index contributed by atoms with van der Waals surface area (Å²) >= 11 is 1.36. The second kappa shape index (κ2) is 6.46. The Bertz CT molecular complexity index is 395. The van der Waals surface area contributed by atoms with Gasteiger partial charge in [-0.25, -0.2) is 0 Å². The fraction of sp³-hybridized carbons (Fsp3) is 0.455. The van der Waals surface area contributed by atoms with E-state index in [1.807, 2.05) is 13.8 Å². The number of benzene rings is 1. The van der Waals surface area contributed by atoms with Crippen molar-refractivity contribution < 1.29 is 14.8 Å². The normalized spacial score (nSPS) is 10.6. The lowest BCUT2D eigenvalue weighted by Crippen LogP contribution is -2.06. The Morgan fingerprint density at radius 1 is 1.47 bits per heavy atom. The molecule has 0 saturated heterocycles. The lowest BCUT2D eigenvalue weighted by Gasteiger charge is -2.10. The van der Waals surface area contributed by atoms with E-state index in [1.165, 1.54) is 23.9 Å². The number of nitro benzene ring substituents is 1. The number of aliphatic hydroxyl groups excluding tert-OH is 1. The highest BCUT2D eigenvalue weighted by molar-refractivity contribution is 7.99. The molecule has 0 amide bonds. The maximum absolute atomic E-state index is 10.8. The maximum atomic E-state index is 10.8. The molecule has 0 aliphatic carbocycles. The molecule has 0 bridgehead atoms. The smallest absolute Gasteiger partial charge is 0.274 e. The van der Waals surface area contributed by atoms with E-state index in [-0.39, 0.29) is 18.4 Å². The third-order valence-electron chi connectivity index (χ3n) is 1.81. The van der Waals surface area contributed by atoms with Gasteiger partial charge in [0.05, 0.1) is 23.7 Å². The fourth-order valence-electron chi connectivity index (χ4n) is 1.25. The molecule has 0 heterocycles. The number of ether oxygens (including phenoxy) is 1. The average Bonchev–Trinajstić information content (AvgIpc) is 2.25. The zero-order chi connectivity index (χ0) is 12.8. The molecular formula is C11H15NO4S. The van der Waals surface area contributed by atoms with E-state index in [0.29, 0.717) is 11.5 Å². The van der Waals surface area contributed by atoms with Crippen LogP contribution in [0, 0.1) is 10.1 Å². The Balaban J connectivity index is 2.96. The molecule has 94 valence electrons. The Morgan fingerprint density at radius 3 is 2.71 bits per heavy atom. The van der Waals surface area contributed by atoms with Crippen LogP contribution in [0.2, 0.25) is 0 Å². The summed E-state index contributed by atoms with van der Waals surface area (Å²) in [7, 11) is 0. The van der Waals surface area contributed by atoms with Crippen LogP contribution in [0.4, 0.5) is 5.69 Å². The zero-order valence-corrected chi connectivity index (χ0v) is 10.6. The summed E-state index contributed by atoms with van der Waals surface area (Å²) in [6, 6.07) is 4.63. The highest BCUT2D eigenvalue weighted by Crippen LogP contribution is 2.29. The number of nitro groups is 1. The fourth-order valence-corrected chi connectivity index (χ4v) is 1.98. The number of aliphatic hydroxyl groups is 1. The molecule has 0 fully saturated rings. The van der Waals surface area contributed by atoms with Crippen LogP contribution in [0.25, 0.3) is 0 Å². The summed E-state index contributed by atoms with van der Waals surface area (Å²) in [4.78, 5) is 11.0. The number of non-ortho nitro benzene ring substituents is 1. The number of thioether (sulfide) groups is 1. The van der Waals surface area contributed by atoms with E-state index in [1.54, 1.807) is 6.07 Å². The Labute approximate surface area is 104 Å². The predicted octanol–water partition coefficient (Wildman–Crippen LogP) is 2.47. The number of rotatable bonds is 6. The van der Waals surface area contributed by atoms with Crippen molar-refractivity contribution in [1.82, 2.24) is 0 Å². The van der Waals surface area contributed by atoms with Gasteiger partial charge in [-0.2, -0.15) is 0 Å². The summed E-state index contributed by atoms with van der Waals surface area (Å²) in [5.74, 6) is 0.983. The SMILES string of the molecule is CC(C)Oc1cc(SCCO)cc([N+](=O)[O-])c1. The molecule has 0 saturated carbocycles. The van der Waals surface area contributed by atoms with Crippen LogP contribution in [0.5, 0.6) is 5.75 Å². The largest absolute Gasteiger partial charge is 0.491 e. The summed E-state index contributed by atoms with van der Waals surface area (Å²) in [5, 5.41) is 19.5. The van der Waals surface area contributed by atoms with Crippen molar-refractivity contribution in [2.75, 3.05) is 12.4 Å². The first-order chi connectivity index (χ1) is 8.02. The van der Waals surface area contributed by atoms with Crippen molar-refractivity contribution in [3.63, 3.8) is 0 Å². The van der Waals surface area contributed by atoms with Gasteiger partial charge in [0.1, 0.15) is 5.75 Å². The molecule has 1 aromatic rings. The first-order valence-corrected chi connectivity index (χ1v) is 6.21. The van der Waals surface area contributed by atoms with Gasteiger partial charge in [0.2, 0.25) is 0 Å². The van der Waals surface area contributed by atoms with E-state index in [0.717, 1.165) is 4.90 Å². The third-order valence-corrected chi connectivity index (χ3v) is 2.76. The van der Waals surface area contributed by atoms with Gasteiger partial charge in [-0.3, -0.25) is 10.1 Å². The summed E-state index contributed by atoms with van der Waals surface area (Å²) in [5.41, 5.74) is 0.00332. The number of hydrogen-bond donors (Lipinski definition) is 1. The van der Waals surface area contributed by atoms with Crippen molar-refractivity contribution in [2.45, 2.75) is 24.8 Å². The van der Waals surface area contributed by atoms with Gasteiger partial charge in [0.15, 0.2) is 0 Å². The van der Waals surface area contributed by atoms with Crippen molar-refractivity contribution in [3.8, 4) is 5.75 Å². The lowest BCUT2D eigenvalue weighted by atomic mass is 10.3. The molecule has 1 aromatic carbocycles. The minimum absolute atomic E-state index is 0.00332. The van der Waals surface area contributed by atoms with Crippen LogP contribution in [0.3, 0.4) is 0 Å². The summed E-state index contributed by atoms with van der Waals surface area (Å²) in [6.07, 6.45) is -0.0345. The molecule has 0 aromatic heterocycles. The molecule has 6 heteroatoms. The number of hydrogen-bond acceptors (Lipinski definition) is 5. The Morgan fingerprint density at radius 2 is 2.18 bits per heavy atom. The summed E-state index contributed by atoms with van der Waals surface area (Å²) < 4.78 is 5.45. The molecule has 0 aliphatic heterocycles. The minimum atomic E-state index is -0.448. The van der Waals surface area contributed by atoms with Gasteiger partial charge < -0.3 is 9.84 Å². The number of nitrogens with zero attached hydrogens (tertiary/aromatic N) is 1. The first kappa shape index (κ1) is 13.8. The highest BCUT2D eigenvalue weighted by Gasteiger charge is 2.11. The average molecular weight is 257 g/mol. The lowest BCUT2D eigenvalue weighted by molar-refractivity contribution is -0.385. The van der Waals surface area contributed by atoms with E-state index >= 15 is 0 Å². The Kier molecular flexibility index (Phi) is 5.24. The monoisotopic (exact) mass is 257 g/mol. The molecule has 0 atom stereocenters. The van der Waals surface area contributed by atoms with Crippen molar-refractivity contribution in [3.05, 3.63) is 28.3 Å².